The van der Waals surface area contributed by atoms with Gasteiger partial charge < -0.3 is 10.3 Å². The van der Waals surface area contributed by atoms with Gasteiger partial charge in [0.05, 0.1) is 17.1 Å². The highest BCUT2D eigenvalue weighted by molar-refractivity contribution is 6.39. The van der Waals surface area contributed by atoms with Crippen molar-refractivity contribution in [3.8, 4) is 0 Å². The van der Waals surface area contributed by atoms with E-state index in [1.165, 1.54) is 0 Å². The van der Waals surface area contributed by atoms with Crippen LogP contribution < -0.4 is 10.7 Å². The molecular weight excluding hydrogens is 270 g/mol. The minimum atomic E-state index is -0.289. The zero-order valence-corrected chi connectivity index (χ0v) is 11.5. The average molecular weight is 285 g/mol. The number of fused-ring (bicyclic) bond motifs is 1. The first-order valence-corrected chi connectivity index (χ1v) is 6.74. The molecule has 1 aromatic carbocycles. The first kappa shape index (κ1) is 13.3. The van der Waals surface area contributed by atoms with Crippen LogP contribution in [0.4, 0.5) is 0 Å². The molecule has 1 aromatic heterocycles. The molecule has 7 nitrogen and oxygen atoms in total. The fraction of sp³-hybridized carbons (Fsp3) is 0.286. The Morgan fingerprint density at radius 2 is 2.14 bits per heavy atom. The van der Waals surface area contributed by atoms with Crippen molar-refractivity contribution in [2.45, 2.75) is 25.8 Å². The number of nitrogens with one attached hydrogen (secondary N) is 3. The molecule has 7 heteroatoms. The van der Waals surface area contributed by atoms with Crippen molar-refractivity contribution in [3.05, 3.63) is 30.1 Å². The smallest absolute Gasteiger partial charge is 0.268 e. The van der Waals surface area contributed by atoms with Gasteiger partial charge in [0.2, 0.25) is 5.91 Å². The number of carbonyl (C=O) groups excluding carboxylic acids is 2. The van der Waals surface area contributed by atoms with Gasteiger partial charge in [-0.05, 0) is 19.1 Å². The molecule has 0 bridgehead atoms. The van der Waals surface area contributed by atoms with Crippen LogP contribution in [-0.2, 0) is 9.59 Å². The third-order valence-electron chi connectivity index (χ3n) is 3.33. The molecule has 108 valence electrons. The minimum absolute atomic E-state index is 0.170. The summed E-state index contributed by atoms with van der Waals surface area (Å²) in [6.07, 6.45) is 0.635. The number of para-hydroxylation sites is 2. The van der Waals surface area contributed by atoms with Crippen LogP contribution in [0.15, 0.2) is 29.4 Å². The summed E-state index contributed by atoms with van der Waals surface area (Å²) in [6, 6.07) is 7.40. The number of nitrogens with zero attached hydrogens (tertiary/aromatic N) is 2. The fourth-order valence-corrected chi connectivity index (χ4v) is 2.16. The molecule has 1 unspecified atom stereocenters. The molecule has 21 heavy (non-hydrogen) atoms. The van der Waals surface area contributed by atoms with Crippen LogP contribution in [0.5, 0.6) is 0 Å². The molecule has 2 amide bonds. The third kappa shape index (κ3) is 2.76. The summed E-state index contributed by atoms with van der Waals surface area (Å²) >= 11 is 0. The molecule has 3 rings (SSSR count). The monoisotopic (exact) mass is 285 g/mol. The van der Waals surface area contributed by atoms with Gasteiger partial charge in [-0.3, -0.25) is 9.59 Å². The van der Waals surface area contributed by atoms with Crippen LogP contribution in [-0.4, -0.2) is 27.5 Å². The van der Waals surface area contributed by atoms with Crippen LogP contribution >= 0.6 is 0 Å². The molecule has 0 aliphatic carbocycles. The number of benzene rings is 1. The maximum atomic E-state index is 12.1. The van der Waals surface area contributed by atoms with E-state index in [2.05, 4.69) is 25.8 Å². The van der Waals surface area contributed by atoms with Gasteiger partial charge in [0.1, 0.15) is 11.5 Å². The zero-order chi connectivity index (χ0) is 14.8. The highest BCUT2D eigenvalue weighted by atomic mass is 16.2. The molecule has 3 N–H and O–H groups in total. The molecule has 0 spiro atoms. The van der Waals surface area contributed by atoms with E-state index >= 15 is 0 Å². The lowest BCUT2D eigenvalue weighted by molar-refractivity contribution is -0.121. The topological polar surface area (TPSA) is 99.2 Å². The largest absolute Gasteiger partial charge is 0.341 e. The van der Waals surface area contributed by atoms with Crippen molar-refractivity contribution < 1.29 is 9.59 Å². The van der Waals surface area contributed by atoms with Gasteiger partial charge in [0.25, 0.3) is 5.91 Å². The summed E-state index contributed by atoms with van der Waals surface area (Å²) in [5.74, 6) is 0.227. The van der Waals surface area contributed by atoms with Crippen LogP contribution in [0.1, 0.15) is 31.6 Å². The van der Waals surface area contributed by atoms with Crippen LogP contribution in [0.2, 0.25) is 0 Å². The lowest BCUT2D eigenvalue weighted by atomic mass is 10.1. The second-order valence-corrected chi connectivity index (χ2v) is 4.93. The highest BCUT2D eigenvalue weighted by Crippen LogP contribution is 2.15. The van der Waals surface area contributed by atoms with Gasteiger partial charge in [-0.25, -0.2) is 10.4 Å². The van der Waals surface area contributed by atoms with Gasteiger partial charge in [-0.15, -0.1) is 0 Å². The first-order valence-electron chi connectivity index (χ1n) is 6.74. The van der Waals surface area contributed by atoms with Crippen molar-refractivity contribution in [2.24, 2.45) is 5.10 Å². The Hall–Kier alpha value is -2.70. The van der Waals surface area contributed by atoms with Crippen LogP contribution in [0.3, 0.4) is 0 Å². The van der Waals surface area contributed by atoms with Crippen molar-refractivity contribution in [2.75, 3.05) is 0 Å². The number of aromatic nitrogens is 2. The number of hydrogen-bond donors (Lipinski definition) is 3. The van der Waals surface area contributed by atoms with E-state index in [-0.39, 0.29) is 24.3 Å². The lowest BCUT2D eigenvalue weighted by Crippen LogP contribution is -2.38. The Morgan fingerprint density at radius 3 is 2.86 bits per heavy atom. The van der Waals surface area contributed by atoms with E-state index < -0.39 is 0 Å². The predicted octanol–water partition coefficient (Wildman–Crippen LogP) is 1.01. The van der Waals surface area contributed by atoms with E-state index in [0.717, 1.165) is 11.0 Å². The summed E-state index contributed by atoms with van der Waals surface area (Å²) in [5.41, 5.74) is 4.43. The van der Waals surface area contributed by atoms with E-state index in [9.17, 15) is 9.59 Å². The molecule has 0 fully saturated rings. The number of aromatic amines is 1. The zero-order valence-electron chi connectivity index (χ0n) is 11.5. The molecule has 1 atom stereocenters. The van der Waals surface area contributed by atoms with Crippen molar-refractivity contribution in [1.29, 1.82) is 0 Å². The maximum Gasteiger partial charge on any atom is 0.268 e. The Balaban J connectivity index is 1.72. The Morgan fingerprint density at radius 1 is 1.33 bits per heavy atom. The van der Waals surface area contributed by atoms with Crippen molar-refractivity contribution in [1.82, 2.24) is 20.7 Å². The molecule has 1 aliphatic heterocycles. The first-order chi connectivity index (χ1) is 10.1. The number of imidazole rings is 1. The second-order valence-electron chi connectivity index (χ2n) is 4.93. The molecule has 0 saturated carbocycles. The summed E-state index contributed by atoms with van der Waals surface area (Å²) in [4.78, 5) is 30.7. The molecular formula is C14H15N5O2. The van der Waals surface area contributed by atoms with E-state index in [1.807, 2.05) is 31.2 Å². The Labute approximate surface area is 120 Å². The highest BCUT2D eigenvalue weighted by Gasteiger charge is 2.21. The molecule has 1 aliphatic rings. The number of hydrogen-bond acceptors (Lipinski definition) is 4. The molecule has 0 saturated heterocycles. The van der Waals surface area contributed by atoms with Gasteiger partial charge in [-0.1, -0.05) is 12.1 Å². The SMILES string of the molecule is CC(NC(=O)C1=NNC(=O)CC1)c1nc2ccccc2[nH]1. The third-order valence-corrected chi connectivity index (χ3v) is 3.33. The summed E-state index contributed by atoms with van der Waals surface area (Å²) in [5, 5.41) is 6.60. The summed E-state index contributed by atoms with van der Waals surface area (Å²) in [6.45, 7) is 1.84. The van der Waals surface area contributed by atoms with Gasteiger partial charge in [-0.2, -0.15) is 5.10 Å². The van der Waals surface area contributed by atoms with Crippen LogP contribution in [0, 0.1) is 0 Å². The quantitative estimate of drug-likeness (QED) is 0.784. The second kappa shape index (κ2) is 5.35. The van der Waals surface area contributed by atoms with Gasteiger partial charge in [0, 0.05) is 12.8 Å². The number of H-pyrrole nitrogens is 1. The number of hydrazone groups is 1. The summed E-state index contributed by atoms with van der Waals surface area (Å²) in [7, 11) is 0. The van der Waals surface area contributed by atoms with E-state index in [0.29, 0.717) is 18.0 Å². The molecule has 2 heterocycles. The van der Waals surface area contributed by atoms with Crippen molar-refractivity contribution >= 4 is 28.6 Å². The summed E-state index contributed by atoms with van der Waals surface area (Å²) < 4.78 is 0. The maximum absolute atomic E-state index is 12.1. The van der Waals surface area contributed by atoms with Gasteiger partial charge in [0.15, 0.2) is 0 Å². The lowest BCUT2D eigenvalue weighted by Gasteiger charge is -2.15. The molecule has 0 radical (unpaired) electrons. The predicted molar refractivity (Wildman–Crippen MR) is 77.5 cm³/mol. The van der Waals surface area contributed by atoms with Gasteiger partial charge >= 0.3 is 0 Å². The standard InChI is InChI=1S/C14H15N5O2/c1-8(13-16-9-4-2-3-5-10(9)17-13)15-14(21)11-6-7-12(20)19-18-11/h2-5,8H,6-7H2,1H3,(H,15,21)(H,16,17)(H,19,20). The number of rotatable bonds is 3. The normalized spacial score (nSPS) is 16.2. The Bertz CT molecular complexity index is 701. The van der Waals surface area contributed by atoms with E-state index in [1.54, 1.807) is 0 Å². The fourth-order valence-electron chi connectivity index (χ4n) is 2.16. The minimum Gasteiger partial charge on any atom is -0.341 e. The van der Waals surface area contributed by atoms with Crippen LogP contribution in [0.25, 0.3) is 11.0 Å². The van der Waals surface area contributed by atoms with E-state index in [4.69, 9.17) is 0 Å². The Kier molecular flexibility index (Phi) is 3.39. The average Bonchev–Trinajstić information content (AvgIpc) is 2.92. The molecule has 2 aromatic rings. The number of amides is 2. The van der Waals surface area contributed by atoms with Crippen molar-refractivity contribution in [3.63, 3.8) is 0 Å². The number of carbonyl (C=O) groups is 2.